The van der Waals surface area contributed by atoms with E-state index in [9.17, 15) is 14.4 Å². The van der Waals surface area contributed by atoms with Crippen LogP contribution in [-0.4, -0.2) is 45.3 Å². The molecule has 0 radical (unpaired) electrons. The molecule has 0 spiro atoms. The van der Waals surface area contributed by atoms with Crippen LogP contribution in [0.2, 0.25) is 0 Å². The van der Waals surface area contributed by atoms with Crippen LogP contribution in [0.3, 0.4) is 0 Å². The van der Waals surface area contributed by atoms with Crippen molar-refractivity contribution in [2.75, 3.05) is 19.5 Å². The molecular formula is C26H25N3O5S3. The summed E-state index contributed by atoms with van der Waals surface area (Å²) in [5.41, 5.74) is 1.82. The highest BCUT2D eigenvalue weighted by molar-refractivity contribution is 7.99. The number of para-hydroxylation sites is 2. The molecule has 0 atom stereocenters. The fraction of sp³-hybridized carbons (Fsp3) is 0.269. The Bertz CT molecular complexity index is 1540. The molecule has 2 aromatic heterocycles. The molecule has 0 N–H and O–H groups in total. The quantitative estimate of drug-likeness (QED) is 0.0853. The molecule has 8 nitrogen and oxygen atoms in total. The van der Waals surface area contributed by atoms with Crippen LogP contribution in [-0.2, 0) is 27.3 Å². The van der Waals surface area contributed by atoms with Gasteiger partial charge >= 0.3 is 5.97 Å². The molecular weight excluding hydrogens is 531 g/mol. The Kier molecular flexibility index (Phi) is 8.91. The van der Waals surface area contributed by atoms with Gasteiger partial charge in [0.1, 0.15) is 16.9 Å². The zero-order valence-corrected chi connectivity index (χ0v) is 22.8. The van der Waals surface area contributed by atoms with Crippen molar-refractivity contribution in [3.8, 4) is 11.4 Å². The number of benzene rings is 2. The number of hydrogen-bond acceptors (Lipinski definition) is 9. The SMILES string of the molecule is CCOC(=O)CC(=O)CSc1nc2c(sc(=S)n2CCc2ccccc2)c(=O)n1-c1ccccc1OC. The number of esters is 1. The first-order valence-corrected chi connectivity index (χ1v) is 13.8. The summed E-state index contributed by atoms with van der Waals surface area (Å²) in [6.45, 7) is 2.44. The van der Waals surface area contributed by atoms with Crippen molar-refractivity contribution in [1.29, 1.82) is 0 Å². The fourth-order valence-corrected chi connectivity index (χ4v) is 5.92. The van der Waals surface area contributed by atoms with E-state index in [1.54, 1.807) is 31.2 Å². The molecule has 37 heavy (non-hydrogen) atoms. The highest BCUT2D eigenvalue weighted by Crippen LogP contribution is 2.29. The molecule has 0 saturated heterocycles. The van der Waals surface area contributed by atoms with E-state index in [0.717, 1.165) is 23.7 Å². The Morgan fingerprint density at radius 1 is 1.11 bits per heavy atom. The van der Waals surface area contributed by atoms with Gasteiger partial charge in [-0.05, 0) is 43.3 Å². The number of methoxy groups -OCH3 is 1. The average molecular weight is 556 g/mol. The summed E-state index contributed by atoms with van der Waals surface area (Å²) in [4.78, 5) is 42.8. The number of aryl methyl sites for hydroxylation is 2. The number of ketones is 1. The van der Waals surface area contributed by atoms with Gasteiger partial charge in [0.05, 0.1) is 25.2 Å². The summed E-state index contributed by atoms with van der Waals surface area (Å²) in [5, 5.41) is 0.306. The number of carbonyl (C=O) groups excluding carboxylic acids is 2. The molecule has 2 heterocycles. The molecule has 0 fully saturated rings. The number of nitrogens with zero attached hydrogens (tertiary/aromatic N) is 3. The van der Waals surface area contributed by atoms with Crippen molar-refractivity contribution in [3.63, 3.8) is 0 Å². The van der Waals surface area contributed by atoms with E-state index < -0.39 is 5.97 Å². The number of ether oxygens (including phenoxy) is 2. The van der Waals surface area contributed by atoms with E-state index in [1.807, 2.05) is 34.9 Å². The van der Waals surface area contributed by atoms with Crippen LogP contribution in [0, 0.1) is 3.95 Å². The molecule has 0 aliphatic rings. The molecule has 11 heteroatoms. The minimum Gasteiger partial charge on any atom is -0.495 e. The molecule has 192 valence electrons. The van der Waals surface area contributed by atoms with Crippen LogP contribution in [0.5, 0.6) is 5.75 Å². The summed E-state index contributed by atoms with van der Waals surface area (Å²) < 4.78 is 14.6. The van der Waals surface area contributed by atoms with E-state index in [4.69, 9.17) is 26.7 Å². The number of thioether (sulfide) groups is 1. The predicted octanol–water partition coefficient (Wildman–Crippen LogP) is 4.84. The summed E-state index contributed by atoms with van der Waals surface area (Å²) in [6.07, 6.45) is 0.382. The first-order valence-electron chi connectivity index (χ1n) is 11.6. The van der Waals surface area contributed by atoms with E-state index >= 15 is 0 Å². The second kappa shape index (κ2) is 12.3. The molecule has 4 aromatic rings. The van der Waals surface area contributed by atoms with Crippen molar-refractivity contribution in [2.24, 2.45) is 0 Å². The lowest BCUT2D eigenvalue weighted by atomic mass is 10.1. The second-order valence-electron chi connectivity index (χ2n) is 7.92. The molecule has 0 bridgehead atoms. The van der Waals surface area contributed by atoms with Crippen LogP contribution < -0.4 is 10.3 Å². The van der Waals surface area contributed by atoms with E-state index in [1.165, 1.54) is 23.0 Å². The Morgan fingerprint density at radius 3 is 2.57 bits per heavy atom. The predicted molar refractivity (Wildman–Crippen MR) is 148 cm³/mol. The number of Topliss-reactive ketones (excluding diaryl/α,β-unsaturated/α-hetero) is 1. The summed E-state index contributed by atoms with van der Waals surface area (Å²) in [5.74, 6) is -0.472. The largest absolute Gasteiger partial charge is 0.495 e. The van der Waals surface area contributed by atoms with Crippen molar-refractivity contribution < 1.29 is 19.1 Å². The fourth-order valence-electron chi connectivity index (χ4n) is 3.75. The number of thiazole rings is 1. The third-order valence-corrected chi connectivity index (χ3v) is 7.89. The lowest BCUT2D eigenvalue weighted by molar-refractivity contribution is -0.145. The Hall–Kier alpha value is -3.28. The number of aromatic nitrogens is 3. The zero-order valence-electron chi connectivity index (χ0n) is 20.3. The maximum absolute atomic E-state index is 13.8. The van der Waals surface area contributed by atoms with Crippen LogP contribution >= 0.6 is 35.3 Å². The van der Waals surface area contributed by atoms with Gasteiger partial charge in [-0.3, -0.25) is 19.0 Å². The van der Waals surface area contributed by atoms with Gasteiger partial charge in [0.25, 0.3) is 5.56 Å². The smallest absolute Gasteiger partial charge is 0.313 e. The van der Waals surface area contributed by atoms with Gasteiger partial charge in [0.15, 0.2) is 20.5 Å². The Balaban J connectivity index is 1.77. The van der Waals surface area contributed by atoms with E-state index in [0.29, 0.717) is 37.4 Å². The maximum atomic E-state index is 13.8. The van der Waals surface area contributed by atoms with Crippen molar-refractivity contribution >= 4 is 57.4 Å². The van der Waals surface area contributed by atoms with Crippen LogP contribution in [0.1, 0.15) is 18.9 Å². The standard InChI is InChI=1S/C26H25N3O5S3/c1-3-34-21(31)15-18(30)16-36-25-27-23-22(24(32)29(25)19-11-7-8-12-20(19)33-2)37-26(35)28(23)14-13-17-9-5-4-6-10-17/h4-12H,3,13-16H2,1-2H3. The molecule has 0 saturated carbocycles. The van der Waals surface area contributed by atoms with Crippen LogP contribution in [0.4, 0.5) is 0 Å². The average Bonchev–Trinajstić information content (AvgIpc) is 3.22. The minimum absolute atomic E-state index is 0.0548. The van der Waals surface area contributed by atoms with Crippen molar-refractivity contribution in [3.05, 3.63) is 74.5 Å². The van der Waals surface area contributed by atoms with E-state index in [2.05, 4.69) is 0 Å². The van der Waals surface area contributed by atoms with Gasteiger partial charge in [0, 0.05) is 6.54 Å². The number of fused-ring (bicyclic) bond motifs is 1. The summed E-state index contributed by atoms with van der Waals surface area (Å²) in [7, 11) is 1.52. The van der Waals surface area contributed by atoms with Gasteiger partial charge in [0.2, 0.25) is 0 Å². The Labute approximate surface area is 226 Å². The summed E-state index contributed by atoms with van der Waals surface area (Å²) in [6, 6.07) is 17.1. The summed E-state index contributed by atoms with van der Waals surface area (Å²) >= 11 is 7.92. The Morgan fingerprint density at radius 2 is 1.84 bits per heavy atom. The van der Waals surface area contributed by atoms with Gasteiger partial charge in [-0.2, -0.15) is 0 Å². The second-order valence-corrected chi connectivity index (χ2v) is 10.5. The van der Waals surface area contributed by atoms with E-state index in [-0.39, 0.29) is 30.1 Å². The van der Waals surface area contributed by atoms with Gasteiger partial charge in [-0.1, -0.05) is 65.6 Å². The first kappa shape index (κ1) is 26.8. The maximum Gasteiger partial charge on any atom is 0.313 e. The minimum atomic E-state index is -0.578. The molecule has 0 unspecified atom stereocenters. The molecule has 0 aliphatic heterocycles. The van der Waals surface area contributed by atoms with Crippen molar-refractivity contribution in [2.45, 2.75) is 31.5 Å². The highest BCUT2D eigenvalue weighted by Gasteiger charge is 2.21. The van der Waals surface area contributed by atoms with Gasteiger partial charge in [-0.15, -0.1) is 0 Å². The number of rotatable bonds is 11. The lowest BCUT2D eigenvalue weighted by Crippen LogP contribution is -2.23. The normalized spacial score (nSPS) is 11.0. The number of hydrogen-bond donors (Lipinski definition) is 0. The topological polar surface area (TPSA) is 92.4 Å². The van der Waals surface area contributed by atoms with Crippen LogP contribution in [0.15, 0.2) is 64.5 Å². The molecule has 2 aromatic carbocycles. The van der Waals surface area contributed by atoms with Gasteiger partial charge in [-0.25, -0.2) is 4.98 Å². The van der Waals surface area contributed by atoms with Crippen LogP contribution in [0.25, 0.3) is 16.0 Å². The van der Waals surface area contributed by atoms with Crippen molar-refractivity contribution in [1.82, 2.24) is 14.1 Å². The van der Waals surface area contributed by atoms with Gasteiger partial charge < -0.3 is 14.0 Å². The number of carbonyl (C=O) groups is 2. The highest BCUT2D eigenvalue weighted by atomic mass is 32.2. The molecule has 0 amide bonds. The third-order valence-electron chi connectivity index (χ3n) is 5.46. The lowest BCUT2D eigenvalue weighted by Gasteiger charge is -2.15. The third kappa shape index (κ3) is 6.17. The molecule has 4 rings (SSSR count). The first-order chi connectivity index (χ1) is 17.9. The zero-order chi connectivity index (χ0) is 26.4. The monoisotopic (exact) mass is 555 g/mol. The molecule has 0 aliphatic carbocycles.